The first-order chi connectivity index (χ1) is 25.1. The van der Waals surface area contributed by atoms with Crippen molar-refractivity contribution >= 4 is 17.7 Å². The Kier molecular flexibility index (Phi) is 9.52. The SMILES string of the molecule is C=CCO[C@H]1CC[C@@]2(C)[C@@H](CC[C@]3(C)[C@@H]2C(=O)C=C2[C@@H]4C[C@@](C)(C(=O)OC(c5ccccc5)c5ccccc5)CC[C@]4(C)CC[C@]23C)[C@]1(C)C(=O)OC. The molecule has 6 nitrogen and oxygen atoms in total. The van der Waals surface area contributed by atoms with Crippen molar-refractivity contribution in [2.24, 2.45) is 50.2 Å². The van der Waals surface area contributed by atoms with Gasteiger partial charge in [0.25, 0.3) is 0 Å². The molecule has 4 fully saturated rings. The second-order valence-corrected chi connectivity index (χ2v) is 18.8. The number of allylic oxidation sites excluding steroid dienone is 2. The second-order valence-electron chi connectivity index (χ2n) is 18.8. The number of rotatable bonds is 8. The number of ketones is 1. The number of benzene rings is 2. The lowest BCUT2D eigenvalue weighted by Gasteiger charge is -2.70. The Bertz CT molecular complexity index is 1740. The van der Waals surface area contributed by atoms with Crippen LogP contribution in [-0.4, -0.2) is 37.5 Å². The third-order valence-corrected chi connectivity index (χ3v) is 16.1. The third-order valence-electron chi connectivity index (χ3n) is 16.1. The van der Waals surface area contributed by atoms with E-state index in [1.807, 2.05) is 73.7 Å². The van der Waals surface area contributed by atoms with E-state index in [1.54, 1.807) is 6.08 Å². The Morgan fingerprint density at radius 3 is 2.06 bits per heavy atom. The van der Waals surface area contributed by atoms with Crippen LogP contribution in [0.15, 0.2) is 85.0 Å². The molecule has 5 aliphatic carbocycles. The molecule has 0 spiro atoms. The van der Waals surface area contributed by atoms with E-state index < -0.39 is 22.3 Å². The van der Waals surface area contributed by atoms with E-state index in [0.717, 1.165) is 56.1 Å². The molecule has 0 aromatic heterocycles. The summed E-state index contributed by atoms with van der Waals surface area (Å²) in [6.45, 7) is 17.8. The minimum atomic E-state index is -0.870. The topological polar surface area (TPSA) is 78.9 Å². The molecule has 0 aliphatic heterocycles. The van der Waals surface area contributed by atoms with E-state index in [0.29, 0.717) is 19.4 Å². The summed E-state index contributed by atoms with van der Waals surface area (Å²) >= 11 is 0. The molecule has 2 aromatic carbocycles. The molecule has 0 N–H and O–H groups in total. The fourth-order valence-electron chi connectivity index (χ4n) is 12.8. The van der Waals surface area contributed by atoms with Gasteiger partial charge in [-0.1, -0.05) is 100 Å². The van der Waals surface area contributed by atoms with Crippen LogP contribution in [0.5, 0.6) is 0 Å². The standard InChI is InChI=1S/C47H60O6/c1-9-28-52-37-21-22-44(4)36(47(37,7)41(50)51-8)20-23-46(6)39(44)35(48)29-33-34-30-43(3,25-24-42(34,2)26-27-45(33,46)5)40(49)53-38(31-16-12-10-13-17-31)32-18-14-11-15-19-32/h9-19,29,34,36-39H,1,20-28,30H2,2-8H3/t34-,36+,37-,39+,42+,43-,44-,45+,46+,47-/m0/s1. The van der Waals surface area contributed by atoms with Crippen molar-refractivity contribution in [3.05, 3.63) is 96.1 Å². The van der Waals surface area contributed by atoms with Gasteiger partial charge in [-0.05, 0) is 122 Å². The average molecular weight is 721 g/mol. The summed E-state index contributed by atoms with van der Waals surface area (Å²) in [4.78, 5) is 43.3. The van der Waals surface area contributed by atoms with Crippen LogP contribution < -0.4 is 0 Å². The van der Waals surface area contributed by atoms with E-state index in [1.165, 1.54) is 12.7 Å². The van der Waals surface area contributed by atoms with Gasteiger partial charge in [0, 0.05) is 5.92 Å². The Hall–Kier alpha value is -3.51. The molecule has 2 aromatic rings. The van der Waals surface area contributed by atoms with Gasteiger partial charge in [0.1, 0.15) is 0 Å². The summed E-state index contributed by atoms with van der Waals surface area (Å²) < 4.78 is 18.3. The fourth-order valence-corrected chi connectivity index (χ4v) is 12.8. The summed E-state index contributed by atoms with van der Waals surface area (Å²) in [5.74, 6) is -0.418. The summed E-state index contributed by atoms with van der Waals surface area (Å²) in [6, 6.07) is 20.0. The molecule has 0 saturated heterocycles. The molecule has 53 heavy (non-hydrogen) atoms. The maximum Gasteiger partial charge on any atom is 0.314 e. The first-order valence-corrected chi connectivity index (χ1v) is 20.0. The number of carbonyl (C=O) groups is 3. The Morgan fingerprint density at radius 1 is 0.830 bits per heavy atom. The predicted molar refractivity (Wildman–Crippen MR) is 207 cm³/mol. The van der Waals surface area contributed by atoms with Crippen molar-refractivity contribution in [2.75, 3.05) is 13.7 Å². The maximum atomic E-state index is 15.0. The van der Waals surface area contributed by atoms with Crippen LogP contribution in [0, 0.1) is 50.2 Å². The largest absolute Gasteiger partial charge is 0.469 e. The number of esters is 2. The molecule has 6 heteroatoms. The van der Waals surface area contributed by atoms with Crippen LogP contribution in [0.1, 0.15) is 117 Å². The monoisotopic (exact) mass is 720 g/mol. The smallest absolute Gasteiger partial charge is 0.314 e. The number of fused-ring (bicyclic) bond motifs is 7. The summed E-state index contributed by atoms with van der Waals surface area (Å²) in [5.41, 5.74) is 0.668. The summed E-state index contributed by atoms with van der Waals surface area (Å²) in [5, 5.41) is 0. The van der Waals surface area contributed by atoms with Gasteiger partial charge >= 0.3 is 11.9 Å². The van der Waals surface area contributed by atoms with Gasteiger partial charge in [0.15, 0.2) is 11.9 Å². The zero-order chi connectivity index (χ0) is 38.0. The van der Waals surface area contributed by atoms with Crippen LogP contribution in [0.3, 0.4) is 0 Å². The van der Waals surface area contributed by atoms with Crippen molar-refractivity contribution in [1.29, 1.82) is 0 Å². The van der Waals surface area contributed by atoms with Crippen molar-refractivity contribution < 1.29 is 28.6 Å². The Morgan fingerprint density at radius 2 is 1.45 bits per heavy atom. The lowest BCUT2D eigenvalue weighted by molar-refractivity contribution is -0.221. The molecular formula is C47H60O6. The van der Waals surface area contributed by atoms with Gasteiger partial charge < -0.3 is 14.2 Å². The van der Waals surface area contributed by atoms with Gasteiger partial charge in [0.2, 0.25) is 0 Å². The second kappa shape index (κ2) is 13.4. The van der Waals surface area contributed by atoms with Crippen LogP contribution in [0.2, 0.25) is 0 Å². The summed E-state index contributed by atoms with van der Waals surface area (Å²) in [6.07, 6.45) is 10.5. The van der Waals surface area contributed by atoms with Crippen LogP contribution >= 0.6 is 0 Å². The molecule has 4 saturated carbocycles. The molecule has 284 valence electrons. The van der Waals surface area contributed by atoms with E-state index >= 15 is 0 Å². The van der Waals surface area contributed by atoms with Crippen molar-refractivity contribution in [2.45, 2.75) is 112 Å². The van der Waals surface area contributed by atoms with E-state index in [9.17, 15) is 14.4 Å². The third kappa shape index (κ3) is 5.63. The zero-order valence-electron chi connectivity index (χ0n) is 33.0. The average Bonchev–Trinajstić information content (AvgIpc) is 3.15. The fraction of sp³-hybridized carbons (Fsp3) is 0.596. The molecule has 0 unspecified atom stereocenters. The van der Waals surface area contributed by atoms with Gasteiger partial charge in [0.05, 0.1) is 30.7 Å². The minimum Gasteiger partial charge on any atom is -0.469 e. The van der Waals surface area contributed by atoms with Crippen LogP contribution in [0.25, 0.3) is 0 Å². The van der Waals surface area contributed by atoms with Gasteiger partial charge in [-0.3, -0.25) is 14.4 Å². The van der Waals surface area contributed by atoms with E-state index in [4.69, 9.17) is 14.2 Å². The summed E-state index contributed by atoms with van der Waals surface area (Å²) in [7, 11) is 1.47. The van der Waals surface area contributed by atoms with Gasteiger partial charge in [-0.2, -0.15) is 0 Å². The minimum absolute atomic E-state index is 0.00200. The molecule has 0 radical (unpaired) electrons. The van der Waals surface area contributed by atoms with E-state index in [2.05, 4.69) is 41.2 Å². The normalized spacial score (nSPS) is 40.5. The first kappa shape index (κ1) is 37.8. The number of hydrogen-bond donors (Lipinski definition) is 0. The lowest BCUT2D eigenvalue weighted by Crippen LogP contribution is -2.68. The molecular weight excluding hydrogens is 661 g/mol. The molecule has 0 heterocycles. The molecule has 10 atom stereocenters. The molecule has 7 rings (SSSR count). The predicted octanol–water partition coefficient (Wildman–Crippen LogP) is 10.0. The number of methoxy groups -OCH3 is 1. The van der Waals surface area contributed by atoms with Crippen LogP contribution in [-0.2, 0) is 28.6 Å². The van der Waals surface area contributed by atoms with Crippen molar-refractivity contribution in [3.8, 4) is 0 Å². The quantitative estimate of drug-likeness (QED) is 0.200. The van der Waals surface area contributed by atoms with Crippen LogP contribution in [0.4, 0.5) is 0 Å². The highest BCUT2D eigenvalue weighted by Gasteiger charge is 2.72. The highest BCUT2D eigenvalue weighted by atomic mass is 16.5. The number of ether oxygens (including phenoxy) is 3. The Balaban J connectivity index is 1.23. The number of carbonyl (C=O) groups excluding carboxylic acids is 3. The van der Waals surface area contributed by atoms with Gasteiger partial charge in [-0.15, -0.1) is 6.58 Å². The molecule has 0 amide bonds. The van der Waals surface area contributed by atoms with E-state index in [-0.39, 0.29) is 57.8 Å². The maximum absolute atomic E-state index is 15.0. The first-order valence-electron chi connectivity index (χ1n) is 20.0. The highest BCUT2D eigenvalue weighted by Crippen LogP contribution is 2.75. The lowest BCUT2D eigenvalue weighted by atomic mass is 9.33. The Labute approximate surface area is 317 Å². The van der Waals surface area contributed by atoms with Crippen molar-refractivity contribution in [1.82, 2.24) is 0 Å². The molecule has 5 aliphatic rings. The van der Waals surface area contributed by atoms with Crippen molar-refractivity contribution in [3.63, 3.8) is 0 Å². The zero-order valence-corrected chi connectivity index (χ0v) is 33.0. The van der Waals surface area contributed by atoms with Gasteiger partial charge in [-0.25, -0.2) is 0 Å². The highest BCUT2D eigenvalue weighted by molar-refractivity contribution is 5.96. The number of hydrogen-bond acceptors (Lipinski definition) is 6. The molecule has 0 bridgehead atoms.